The van der Waals surface area contributed by atoms with Crippen molar-refractivity contribution in [3.63, 3.8) is 0 Å². The normalized spacial score (nSPS) is 17.2. The second-order valence-electron chi connectivity index (χ2n) is 4.80. The highest BCUT2D eigenvalue weighted by molar-refractivity contribution is 7.18. The lowest BCUT2D eigenvalue weighted by Crippen LogP contribution is -2.35. The minimum Gasteiger partial charge on any atom is -0.397 e. The fourth-order valence-corrected chi connectivity index (χ4v) is 3.23. The molecule has 4 nitrogen and oxygen atoms in total. The van der Waals surface area contributed by atoms with Gasteiger partial charge in [-0.1, -0.05) is 6.42 Å². The third-order valence-corrected chi connectivity index (χ3v) is 4.23. The molecule has 0 radical (unpaired) electrons. The Kier molecular flexibility index (Phi) is 3.09. The first-order valence-electron chi connectivity index (χ1n) is 6.40. The number of nitrogens with two attached hydrogens (primary N) is 1. The van der Waals surface area contributed by atoms with E-state index in [1.54, 1.807) is 11.3 Å². The van der Waals surface area contributed by atoms with Gasteiger partial charge in [-0.2, -0.15) is 0 Å². The number of nitrogens with one attached hydrogen (secondary N) is 1. The lowest BCUT2D eigenvalue weighted by atomic mass is 10.2. The molecule has 5 heteroatoms. The van der Waals surface area contributed by atoms with Crippen LogP contribution < -0.4 is 11.2 Å². The van der Waals surface area contributed by atoms with Gasteiger partial charge in [0, 0.05) is 13.1 Å². The third-order valence-electron chi connectivity index (χ3n) is 3.30. The van der Waals surface area contributed by atoms with E-state index in [9.17, 15) is 0 Å². The van der Waals surface area contributed by atoms with Crippen LogP contribution in [0.1, 0.15) is 24.3 Å². The molecule has 0 amide bonds. The quantitative estimate of drug-likeness (QED) is 0.817. The van der Waals surface area contributed by atoms with E-state index in [2.05, 4.69) is 21.5 Å². The number of rotatable bonds is 2. The molecule has 1 aromatic heterocycles. The number of anilines is 2. The van der Waals surface area contributed by atoms with E-state index in [1.807, 2.05) is 13.0 Å². The molecule has 0 bridgehead atoms. The summed E-state index contributed by atoms with van der Waals surface area (Å²) in [6, 6.07) is 4.08. The van der Waals surface area contributed by atoms with Crippen molar-refractivity contribution in [1.82, 2.24) is 9.99 Å². The van der Waals surface area contributed by atoms with E-state index in [1.165, 1.54) is 19.3 Å². The smallest absolute Gasteiger partial charge is 0.0907 e. The molecule has 3 N–H and O–H groups in total. The summed E-state index contributed by atoms with van der Waals surface area (Å²) in [6.07, 6.45) is 3.84. The fourth-order valence-electron chi connectivity index (χ4n) is 2.38. The van der Waals surface area contributed by atoms with Crippen LogP contribution in [-0.2, 0) is 0 Å². The van der Waals surface area contributed by atoms with Gasteiger partial charge in [0.1, 0.15) is 0 Å². The van der Waals surface area contributed by atoms with Crippen molar-refractivity contribution < 1.29 is 0 Å². The van der Waals surface area contributed by atoms with Crippen molar-refractivity contribution in [2.75, 3.05) is 24.2 Å². The van der Waals surface area contributed by atoms with Crippen LogP contribution in [0.5, 0.6) is 0 Å². The summed E-state index contributed by atoms with van der Waals surface area (Å²) in [4.78, 5) is 4.51. The highest BCUT2D eigenvalue weighted by Gasteiger charge is 2.12. The Balaban J connectivity index is 1.88. The molecule has 1 aliphatic heterocycles. The zero-order chi connectivity index (χ0) is 12.5. The summed E-state index contributed by atoms with van der Waals surface area (Å²) in [7, 11) is 0. The zero-order valence-corrected chi connectivity index (χ0v) is 11.4. The van der Waals surface area contributed by atoms with Crippen LogP contribution >= 0.6 is 11.3 Å². The number of fused-ring (bicyclic) bond motifs is 1. The number of nitrogens with zero attached hydrogens (tertiary/aromatic N) is 2. The minimum absolute atomic E-state index is 0.803. The first kappa shape index (κ1) is 11.7. The third kappa shape index (κ3) is 2.28. The molecule has 96 valence electrons. The number of aryl methyl sites for hydroxylation is 1. The summed E-state index contributed by atoms with van der Waals surface area (Å²) in [6.45, 7) is 4.21. The average Bonchev–Trinajstić information content (AvgIpc) is 2.70. The first-order chi connectivity index (χ1) is 8.72. The summed E-state index contributed by atoms with van der Waals surface area (Å²) in [5.74, 6) is 0. The summed E-state index contributed by atoms with van der Waals surface area (Å²) in [5.41, 5.74) is 12.3. The summed E-state index contributed by atoms with van der Waals surface area (Å²) >= 11 is 1.69. The molecular weight excluding hydrogens is 244 g/mol. The van der Waals surface area contributed by atoms with E-state index >= 15 is 0 Å². The Hall–Kier alpha value is -1.33. The lowest BCUT2D eigenvalue weighted by molar-refractivity contribution is 0.273. The molecule has 2 aromatic rings. The molecule has 1 aromatic carbocycles. The maximum Gasteiger partial charge on any atom is 0.0907 e. The monoisotopic (exact) mass is 262 g/mol. The highest BCUT2D eigenvalue weighted by atomic mass is 32.1. The largest absolute Gasteiger partial charge is 0.397 e. The van der Waals surface area contributed by atoms with Gasteiger partial charge in [0.25, 0.3) is 0 Å². The number of benzene rings is 1. The molecule has 0 atom stereocenters. The van der Waals surface area contributed by atoms with Crippen molar-refractivity contribution in [2.45, 2.75) is 26.2 Å². The van der Waals surface area contributed by atoms with E-state index in [0.29, 0.717) is 0 Å². The molecule has 0 saturated carbocycles. The Morgan fingerprint density at radius 2 is 2.06 bits per heavy atom. The minimum atomic E-state index is 0.803. The molecule has 3 rings (SSSR count). The topological polar surface area (TPSA) is 54.2 Å². The van der Waals surface area contributed by atoms with Gasteiger partial charge in [0.05, 0.1) is 26.6 Å². The Morgan fingerprint density at radius 3 is 2.83 bits per heavy atom. The van der Waals surface area contributed by atoms with Crippen LogP contribution in [0.25, 0.3) is 10.2 Å². The van der Waals surface area contributed by atoms with Crippen molar-refractivity contribution in [2.24, 2.45) is 0 Å². The number of hydrogen-bond acceptors (Lipinski definition) is 5. The van der Waals surface area contributed by atoms with Crippen LogP contribution in [0.4, 0.5) is 11.4 Å². The van der Waals surface area contributed by atoms with E-state index in [4.69, 9.17) is 5.73 Å². The number of aromatic nitrogens is 1. The molecule has 1 fully saturated rings. The Labute approximate surface area is 111 Å². The molecule has 0 aliphatic carbocycles. The number of hydrogen-bond donors (Lipinski definition) is 2. The van der Waals surface area contributed by atoms with Gasteiger partial charge in [0.15, 0.2) is 0 Å². The zero-order valence-electron chi connectivity index (χ0n) is 10.6. The maximum absolute atomic E-state index is 6.10. The SMILES string of the molecule is Cc1nc2cc(NN3CCCCC3)c(N)cc2s1. The molecule has 1 saturated heterocycles. The van der Waals surface area contributed by atoms with Crippen molar-refractivity contribution in [3.05, 3.63) is 17.1 Å². The van der Waals surface area contributed by atoms with Gasteiger partial charge in [-0.25, -0.2) is 9.99 Å². The van der Waals surface area contributed by atoms with Crippen LogP contribution in [0.15, 0.2) is 12.1 Å². The van der Waals surface area contributed by atoms with Gasteiger partial charge in [-0.15, -0.1) is 11.3 Å². The van der Waals surface area contributed by atoms with Gasteiger partial charge in [-0.3, -0.25) is 0 Å². The maximum atomic E-state index is 6.10. The van der Waals surface area contributed by atoms with Gasteiger partial charge < -0.3 is 11.2 Å². The van der Waals surface area contributed by atoms with Gasteiger partial charge in [0.2, 0.25) is 0 Å². The molecule has 18 heavy (non-hydrogen) atoms. The summed E-state index contributed by atoms with van der Waals surface area (Å²) in [5, 5.41) is 3.33. The standard InChI is InChI=1S/C13H18N4S/c1-9-15-12-8-11(10(14)7-13(12)18-9)16-17-5-3-2-4-6-17/h7-8,16H,2-6,14H2,1H3. The Bertz CT molecular complexity index is 557. The van der Waals surface area contributed by atoms with Crippen molar-refractivity contribution in [1.29, 1.82) is 0 Å². The summed E-state index contributed by atoms with van der Waals surface area (Å²) < 4.78 is 1.16. The molecular formula is C13H18N4S. The van der Waals surface area contributed by atoms with Crippen LogP contribution in [0.3, 0.4) is 0 Å². The van der Waals surface area contributed by atoms with Crippen LogP contribution in [-0.4, -0.2) is 23.1 Å². The second kappa shape index (κ2) is 4.74. The molecule has 0 unspecified atom stereocenters. The molecule has 1 aliphatic rings. The number of thiazole rings is 1. The lowest BCUT2D eigenvalue weighted by Gasteiger charge is -2.28. The average molecular weight is 262 g/mol. The predicted molar refractivity (Wildman–Crippen MR) is 77.8 cm³/mol. The molecule has 2 heterocycles. The number of nitrogen functional groups attached to an aromatic ring is 1. The van der Waals surface area contributed by atoms with Crippen molar-refractivity contribution >= 4 is 32.9 Å². The van der Waals surface area contributed by atoms with E-state index in [-0.39, 0.29) is 0 Å². The van der Waals surface area contributed by atoms with E-state index < -0.39 is 0 Å². The van der Waals surface area contributed by atoms with E-state index in [0.717, 1.165) is 39.7 Å². The highest BCUT2D eigenvalue weighted by Crippen LogP contribution is 2.30. The number of hydrazine groups is 1. The first-order valence-corrected chi connectivity index (χ1v) is 7.22. The van der Waals surface area contributed by atoms with Crippen LogP contribution in [0.2, 0.25) is 0 Å². The van der Waals surface area contributed by atoms with Gasteiger partial charge >= 0.3 is 0 Å². The van der Waals surface area contributed by atoms with Crippen molar-refractivity contribution in [3.8, 4) is 0 Å². The number of piperidine rings is 1. The van der Waals surface area contributed by atoms with Gasteiger partial charge in [-0.05, 0) is 31.9 Å². The Morgan fingerprint density at radius 1 is 1.28 bits per heavy atom. The van der Waals surface area contributed by atoms with Crippen LogP contribution in [0, 0.1) is 6.92 Å². The fraction of sp³-hybridized carbons (Fsp3) is 0.462. The second-order valence-corrected chi connectivity index (χ2v) is 6.03. The molecule has 0 spiro atoms. The predicted octanol–water partition coefficient (Wildman–Crippen LogP) is 3.00.